The minimum absolute atomic E-state index is 0.145. The maximum atomic E-state index is 12.5. The number of ether oxygens (including phenoxy) is 5. The van der Waals surface area contributed by atoms with E-state index in [1.807, 2.05) is 0 Å². The van der Waals surface area contributed by atoms with Gasteiger partial charge in [-0.2, -0.15) is 0 Å². The van der Waals surface area contributed by atoms with Crippen LogP contribution in [0.2, 0.25) is 0 Å². The highest BCUT2D eigenvalue weighted by molar-refractivity contribution is 6.33. The third-order valence-electron chi connectivity index (χ3n) is 11.8. The van der Waals surface area contributed by atoms with Gasteiger partial charge in [0.2, 0.25) is 5.78 Å². The van der Waals surface area contributed by atoms with Crippen LogP contribution in [-0.4, -0.2) is 58.9 Å². The largest absolute Gasteiger partial charge is 0.463 e. The number of ketones is 1. The zero-order valence-corrected chi connectivity index (χ0v) is 24.8. The minimum Gasteiger partial charge on any atom is -0.463 e. The average molecular weight is 537 g/mol. The average Bonchev–Trinajstić information content (AvgIpc) is 3.27. The molecule has 0 aromatic rings. The first-order valence-electron chi connectivity index (χ1n) is 15.0. The second-order valence-corrected chi connectivity index (χ2v) is 13.3. The lowest BCUT2D eigenvalue weighted by Crippen LogP contribution is -2.63. The van der Waals surface area contributed by atoms with Gasteiger partial charge in [0.1, 0.15) is 13.6 Å². The van der Waals surface area contributed by atoms with Crippen LogP contribution in [-0.2, 0) is 33.3 Å². The van der Waals surface area contributed by atoms with Gasteiger partial charge in [-0.15, -0.1) is 0 Å². The number of carbonyl (C=O) groups is 2. The monoisotopic (exact) mass is 536 g/mol. The normalized spacial score (nSPS) is 43.0. The van der Waals surface area contributed by atoms with Crippen molar-refractivity contribution in [2.24, 2.45) is 52.3 Å². The predicted octanol–water partition coefficient (Wildman–Crippen LogP) is 5.64. The van der Waals surface area contributed by atoms with Gasteiger partial charge in [0.05, 0.1) is 19.3 Å². The van der Waals surface area contributed by atoms with E-state index >= 15 is 0 Å². The van der Waals surface area contributed by atoms with Gasteiger partial charge < -0.3 is 23.7 Å². The third-order valence-corrected chi connectivity index (χ3v) is 11.8. The lowest BCUT2D eigenvalue weighted by Gasteiger charge is -2.65. The first-order chi connectivity index (χ1) is 18.2. The van der Waals surface area contributed by atoms with Crippen LogP contribution >= 0.6 is 0 Å². The standard InChI is InChI=1S/C31H52O7/c1-8-21-25-16-20(37-17-34-5)11-13-31(25,4)24-12-14-30(3)22(19(2)15-26(32)29(33)36-7)9-10-23(30)27(24)28(21)38-18-35-6/h19-25,27-28H,8-18H2,1-7H3/t19-,20-,21-,22-,23?,24?,25+,27?,28-,30-,31-/m1/s1. The van der Waals surface area contributed by atoms with Gasteiger partial charge in [0, 0.05) is 20.6 Å². The van der Waals surface area contributed by atoms with Crippen molar-refractivity contribution >= 4 is 11.8 Å². The molecular formula is C31H52O7. The van der Waals surface area contributed by atoms with Crippen LogP contribution in [0.4, 0.5) is 0 Å². The number of carbonyl (C=O) groups excluding carboxylic acids is 2. The van der Waals surface area contributed by atoms with E-state index in [9.17, 15) is 9.59 Å². The van der Waals surface area contributed by atoms with Crippen LogP contribution < -0.4 is 0 Å². The fourth-order valence-electron chi connectivity index (χ4n) is 10.2. The summed E-state index contributed by atoms with van der Waals surface area (Å²) in [6.45, 7) is 10.2. The molecule has 0 N–H and O–H groups in total. The molecule has 0 aromatic heterocycles. The van der Waals surface area contributed by atoms with Gasteiger partial charge in [-0.1, -0.05) is 34.1 Å². The van der Waals surface area contributed by atoms with Gasteiger partial charge in [-0.3, -0.25) is 4.79 Å². The predicted molar refractivity (Wildman–Crippen MR) is 144 cm³/mol. The van der Waals surface area contributed by atoms with Crippen LogP contribution in [0.15, 0.2) is 0 Å². The molecule has 0 amide bonds. The molecule has 0 radical (unpaired) electrons. The summed E-state index contributed by atoms with van der Waals surface area (Å²) in [4.78, 5) is 24.3. The number of methoxy groups -OCH3 is 3. The third kappa shape index (κ3) is 5.22. The molecule has 0 heterocycles. The molecule has 7 nitrogen and oxygen atoms in total. The molecule has 11 atom stereocenters. The number of Topliss-reactive ketones (excluding diaryl/α,β-unsaturated/α-hetero) is 1. The summed E-state index contributed by atoms with van der Waals surface area (Å²) >= 11 is 0. The molecule has 4 saturated carbocycles. The fourth-order valence-corrected chi connectivity index (χ4v) is 10.2. The zero-order chi connectivity index (χ0) is 27.7. The Morgan fingerprint density at radius 3 is 2.18 bits per heavy atom. The van der Waals surface area contributed by atoms with Crippen molar-refractivity contribution in [2.75, 3.05) is 34.9 Å². The molecule has 4 rings (SSSR count). The summed E-state index contributed by atoms with van der Waals surface area (Å²) in [5, 5.41) is 0. The fraction of sp³-hybridized carbons (Fsp3) is 0.935. The lowest BCUT2D eigenvalue weighted by molar-refractivity contribution is -0.239. The maximum absolute atomic E-state index is 12.5. The molecule has 0 aliphatic heterocycles. The molecule has 0 saturated heterocycles. The van der Waals surface area contributed by atoms with Crippen LogP contribution in [0.25, 0.3) is 0 Å². The van der Waals surface area contributed by atoms with Crippen molar-refractivity contribution < 1.29 is 33.3 Å². The smallest absolute Gasteiger partial charge is 0.374 e. The van der Waals surface area contributed by atoms with E-state index in [0.29, 0.717) is 49.1 Å². The van der Waals surface area contributed by atoms with Crippen molar-refractivity contribution in [1.82, 2.24) is 0 Å². The molecule has 4 aliphatic rings. The molecule has 3 unspecified atom stereocenters. The quantitative estimate of drug-likeness (QED) is 0.192. The highest BCUT2D eigenvalue weighted by Crippen LogP contribution is 2.70. The Bertz CT molecular complexity index is 831. The van der Waals surface area contributed by atoms with E-state index < -0.39 is 11.8 Å². The lowest BCUT2D eigenvalue weighted by atomic mass is 9.41. The van der Waals surface area contributed by atoms with Crippen LogP contribution in [0.5, 0.6) is 0 Å². The maximum Gasteiger partial charge on any atom is 0.374 e. The van der Waals surface area contributed by atoms with Crippen molar-refractivity contribution in [2.45, 2.75) is 97.7 Å². The minimum atomic E-state index is -0.713. The van der Waals surface area contributed by atoms with Crippen LogP contribution in [0.3, 0.4) is 0 Å². The molecule has 4 fully saturated rings. The molecule has 0 spiro atoms. The SMILES string of the molecule is CC[C@H]1[C@@H](OCOC)C2C3CC[C@H]([C@H](C)CC(=O)C(=O)OC)[C@@]3(C)CCC2[C@@]2(C)CC[C@@H](OCOC)C[C@@H]12. The molecule has 38 heavy (non-hydrogen) atoms. The van der Waals surface area contributed by atoms with Crippen molar-refractivity contribution in [3.05, 3.63) is 0 Å². The van der Waals surface area contributed by atoms with E-state index in [1.165, 1.54) is 32.8 Å². The summed E-state index contributed by atoms with van der Waals surface area (Å²) in [5.41, 5.74) is 0.420. The Hall–Kier alpha value is -1.02. The van der Waals surface area contributed by atoms with Crippen molar-refractivity contribution in [3.8, 4) is 0 Å². The topological polar surface area (TPSA) is 80.3 Å². The summed E-state index contributed by atoms with van der Waals surface area (Å²) in [7, 11) is 4.70. The Morgan fingerprint density at radius 1 is 0.868 bits per heavy atom. The molecule has 4 aliphatic carbocycles. The van der Waals surface area contributed by atoms with E-state index in [0.717, 1.165) is 25.7 Å². The van der Waals surface area contributed by atoms with Crippen molar-refractivity contribution in [1.29, 1.82) is 0 Å². The second-order valence-electron chi connectivity index (χ2n) is 13.3. The molecule has 0 bridgehead atoms. The van der Waals surface area contributed by atoms with Gasteiger partial charge in [0.25, 0.3) is 0 Å². The first kappa shape index (κ1) is 30.0. The van der Waals surface area contributed by atoms with Gasteiger partial charge >= 0.3 is 5.97 Å². The number of rotatable bonds is 11. The Kier molecular flexibility index (Phi) is 9.65. The summed E-state index contributed by atoms with van der Waals surface area (Å²) in [5.74, 6) is 2.16. The summed E-state index contributed by atoms with van der Waals surface area (Å²) in [6.07, 6.45) is 9.80. The Balaban J connectivity index is 1.63. The number of fused-ring (bicyclic) bond motifs is 5. The van der Waals surface area contributed by atoms with Crippen molar-refractivity contribution in [3.63, 3.8) is 0 Å². The zero-order valence-electron chi connectivity index (χ0n) is 24.8. The number of hydrogen-bond donors (Lipinski definition) is 0. The number of hydrogen-bond acceptors (Lipinski definition) is 7. The highest BCUT2D eigenvalue weighted by Gasteiger charge is 2.65. The number of esters is 1. The van der Waals surface area contributed by atoms with Gasteiger partial charge in [0.15, 0.2) is 0 Å². The highest BCUT2D eigenvalue weighted by atomic mass is 16.7. The van der Waals surface area contributed by atoms with E-state index in [2.05, 4.69) is 27.7 Å². The second kappa shape index (κ2) is 12.2. The van der Waals surface area contributed by atoms with E-state index in [1.54, 1.807) is 14.2 Å². The first-order valence-corrected chi connectivity index (χ1v) is 15.0. The van der Waals surface area contributed by atoms with Gasteiger partial charge in [-0.25, -0.2) is 4.79 Å². The van der Waals surface area contributed by atoms with Crippen LogP contribution in [0.1, 0.15) is 85.5 Å². The Morgan fingerprint density at radius 2 is 1.53 bits per heavy atom. The summed E-state index contributed by atoms with van der Waals surface area (Å²) < 4.78 is 28.2. The summed E-state index contributed by atoms with van der Waals surface area (Å²) in [6, 6.07) is 0. The van der Waals surface area contributed by atoms with E-state index in [-0.39, 0.29) is 35.4 Å². The Labute approximate surface area is 230 Å². The van der Waals surface area contributed by atoms with E-state index in [4.69, 9.17) is 23.7 Å². The molecule has 7 heteroatoms. The molecular weight excluding hydrogens is 484 g/mol. The molecule has 218 valence electrons. The van der Waals surface area contributed by atoms with Crippen LogP contribution in [0, 0.1) is 52.3 Å². The van der Waals surface area contributed by atoms with Gasteiger partial charge in [-0.05, 0) is 97.2 Å². The molecule has 0 aromatic carbocycles.